The first kappa shape index (κ1) is 17.3. The second kappa shape index (κ2) is 7.55. The van der Waals surface area contributed by atoms with Gasteiger partial charge in [0.25, 0.3) is 0 Å². The standard InChI is InChI=1S/C18H25N5O2/c1-13-11-22(3)16-8-5-4-7-15(16)12-23(13)18(24)19-10-6-9-17-20-14(2)21-25-17/h4-5,7-8,13H,6,9-12H2,1-3H3,(H,19,24). The van der Waals surface area contributed by atoms with E-state index >= 15 is 0 Å². The van der Waals surface area contributed by atoms with Crippen molar-refractivity contribution in [3.8, 4) is 0 Å². The van der Waals surface area contributed by atoms with E-state index in [0.29, 0.717) is 31.2 Å². The summed E-state index contributed by atoms with van der Waals surface area (Å²) in [5.74, 6) is 1.26. The summed E-state index contributed by atoms with van der Waals surface area (Å²) in [6, 6.07) is 8.35. The number of fused-ring (bicyclic) bond motifs is 1. The molecule has 3 rings (SSSR count). The van der Waals surface area contributed by atoms with Crippen molar-refractivity contribution in [1.82, 2.24) is 20.4 Å². The van der Waals surface area contributed by atoms with Gasteiger partial charge in [-0.25, -0.2) is 4.79 Å². The van der Waals surface area contributed by atoms with Crippen LogP contribution in [0.5, 0.6) is 0 Å². The molecule has 0 bridgehead atoms. The van der Waals surface area contributed by atoms with Crippen LogP contribution in [0.1, 0.15) is 30.6 Å². The summed E-state index contributed by atoms with van der Waals surface area (Å²) in [6.07, 6.45) is 1.44. The van der Waals surface area contributed by atoms with E-state index in [0.717, 1.165) is 13.0 Å². The number of nitrogens with one attached hydrogen (secondary N) is 1. The number of aryl methyl sites for hydroxylation is 2. The van der Waals surface area contributed by atoms with Gasteiger partial charge >= 0.3 is 6.03 Å². The molecule has 2 amide bonds. The van der Waals surface area contributed by atoms with Crippen LogP contribution in [0.25, 0.3) is 0 Å². The van der Waals surface area contributed by atoms with Crippen LogP contribution in [-0.2, 0) is 13.0 Å². The third-order valence-electron chi connectivity index (χ3n) is 4.49. The fourth-order valence-corrected chi connectivity index (χ4v) is 3.20. The first-order chi connectivity index (χ1) is 12.0. The minimum atomic E-state index is -0.0284. The number of carbonyl (C=O) groups excluding carboxylic acids is 1. The number of aromatic nitrogens is 2. The fraction of sp³-hybridized carbons (Fsp3) is 0.500. The van der Waals surface area contributed by atoms with Gasteiger partial charge in [-0.05, 0) is 31.9 Å². The second-order valence-electron chi connectivity index (χ2n) is 6.56. The molecular formula is C18H25N5O2. The van der Waals surface area contributed by atoms with E-state index in [4.69, 9.17) is 4.52 Å². The molecule has 7 heteroatoms. The molecule has 134 valence electrons. The maximum atomic E-state index is 12.6. The molecule has 0 fully saturated rings. The lowest BCUT2D eigenvalue weighted by Crippen LogP contribution is -2.47. The van der Waals surface area contributed by atoms with Crippen LogP contribution in [0.2, 0.25) is 0 Å². The number of benzene rings is 1. The van der Waals surface area contributed by atoms with Crippen molar-refractivity contribution in [3.63, 3.8) is 0 Å². The molecule has 2 aromatic rings. The molecule has 0 aliphatic carbocycles. The van der Waals surface area contributed by atoms with Gasteiger partial charge in [-0.2, -0.15) is 4.98 Å². The van der Waals surface area contributed by atoms with Gasteiger partial charge in [0.2, 0.25) is 5.89 Å². The Hall–Kier alpha value is -2.57. The average Bonchev–Trinajstić information content (AvgIpc) is 2.96. The van der Waals surface area contributed by atoms with Crippen molar-refractivity contribution in [1.29, 1.82) is 0 Å². The van der Waals surface area contributed by atoms with E-state index in [1.54, 1.807) is 6.92 Å². The summed E-state index contributed by atoms with van der Waals surface area (Å²) < 4.78 is 5.08. The second-order valence-corrected chi connectivity index (χ2v) is 6.56. The van der Waals surface area contributed by atoms with Gasteiger partial charge in [0.05, 0.1) is 0 Å². The number of nitrogens with zero attached hydrogens (tertiary/aromatic N) is 4. The monoisotopic (exact) mass is 343 g/mol. The van der Waals surface area contributed by atoms with Crippen LogP contribution in [0.3, 0.4) is 0 Å². The molecule has 7 nitrogen and oxygen atoms in total. The van der Waals surface area contributed by atoms with Gasteiger partial charge in [0.15, 0.2) is 5.82 Å². The molecule has 0 saturated heterocycles. The third kappa shape index (κ3) is 4.10. The molecule has 1 N–H and O–H groups in total. The summed E-state index contributed by atoms with van der Waals surface area (Å²) >= 11 is 0. The van der Waals surface area contributed by atoms with Crippen molar-refractivity contribution < 1.29 is 9.32 Å². The summed E-state index contributed by atoms with van der Waals surface area (Å²) in [5.41, 5.74) is 2.36. The Morgan fingerprint density at radius 3 is 2.96 bits per heavy atom. The van der Waals surface area contributed by atoms with Gasteiger partial charge in [0.1, 0.15) is 0 Å². The maximum Gasteiger partial charge on any atom is 0.318 e. The van der Waals surface area contributed by atoms with Gasteiger partial charge in [-0.1, -0.05) is 23.4 Å². The van der Waals surface area contributed by atoms with E-state index < -0.39 is 0 Å². The molecule has 1 aromatic heterocycles. The Morgan fingerprint density at radius 1 is 1.40 bits per heavy atom. The Kier molecular flexibility index (Phi) is 5.21. The molecule has 1 aliphatic rings. The quantitative estimate of drug-likeness (QED) is 0.863. The predicted octanol–water partition coefficient (Wildman–Crippen LogP) is 2.36. The van der Waals surface area contributed by atoms with Crippen molar-refractivity contribution in [2.24, 2.45) is 0 Å². The van der Waals surface area contributed by atoms with E-state index in [1.165, 1.54) is 11.3 Å². The number of anilines is 1. The molecule has 1 aromatic carbocycles. The summed E-state index contributed by atoms with van der Waals surface area (Å²) in [5, 5.41) is 6.78. The molecule has 1 unspecified atom stereocenters. The lowest BCUT2D eigenvalue weighted by atomic mass is 10.1. The normalized spacial score (nSPS) is 17.2. The van der Waals surface area contributed by atoms with E-state index in [2.05, 4.69) is 46.5 Å². The van der Waals surface area contributed by atoms with Crippen LogP contribution in [0.4, 0.5) is 10.5 Å². The molecule has 2 heterocycles. The minimum absolute atomic E-state index is 0.0284. The highest BCUT2D eigenvalue weighted by molar-refractivity contribution is 5.75. The summed E-state index contributed by atoms with van der Waals surface area (Å²) in [6.45, 7) is 5.90. The SMILES string of the molecule is Cc1noc(CCCNC(=O)N2Cc3ccccc3N(C)CC2C)n1. The highest BCUT2D eigenvalue weighted by atomic mass is 16.5. The van der Waals surface area contributed by atoms with E-state index in [-0.39, 0.29) is 12.1 Å². The Labute approximate surface area is 148 Å². The van der Waals surface area contributed by atoms with Crippen molar-refractivity contribution in [2.45, 2.75) is 39.3 Å². The van der Waals surface area contributed by atoms with Crippen LogP contribution in [0.15, 0.2) is 28.8 Å². The molecule has 0 saturated carbocycles. The summed E-state index contributed by atoms with van der Waals surface area (Å²) in [4.78, 5) is 20.9. The average molecular weight is 343 g/mol. The first-order valence-corrected chi connectivity index (χ1v) is 8.67. The summed E-state index contributed by atoms with van der Waals surface area (Å²) in [7, 11) is 2.07. The zero-order valence-electron chi connectivity index (χ0n) is 15.0. The van der Waals surface area contributed by atoms with Crippen LogP contribution < -0.4 is 10.2 Å². The van der Waals surface area contributed by atoms with Crippen LogP contribution in [0, 0.1) is 6.92 Å². The predicted molar refractivity (Wildman–Crippen MR) is 95.5 cm³/mol. The fourth-order valence-electron chi connectivity index (χ4n) is 3.20. The molecule has 1 atom stereocenters. The molecule has 0 spiro atoms. The largest absolute Gasteiger partial charge is 0.372 e. The van der Waals surface area contributed by atoms with Gasteiger partial charge < -0.3 is 19.6 Å². The third-order valence-corrected chi connectivity index (χ3v) is 4.49. The van der Waals surface area contributed by atoms with Crippen LogP contribution in [-0.4, -0.2) is 47.3 Å². The number of likely N-dealkylation sites (N-methyl/N-ethyl adjacent to an activating group) is 1. The first-order valence-electron chi connectivity index (χ1n) is 8.67. The van der Waals surface area contributed by atoms with Gasteiger partial charge in [0, 0.05) is 44.8 Å². The zero-order chi connectivity index (χ0) is 17.8. The molecule has 0 radical (unpaired) electrons. The van der Waals surface area contributed by atoms with Crippen molar-refractivity contribution in [2.75, 3.05) is 25.0 Å². The number of para-hydroxylation sites is 1. The number of amides is 2. The highest BCUT2D eigenvalue weighted by Gasteiger charge is 2.26. The Morgan fingerprint density at radius 2 is 2.20 bits per heavy atom. The molecule has 25 heavy (non-hydrogen) atoms. The smallest absolute Gasteiger partial charge is 0.318 e. The topological polar surface area (TPSA) is 74.5 Å². The van der Waals surface area contributed by atoms with Crippen molar-refractivity contribution in [3.05, 3.63) is 41.5 Å². The maximum absolute atomic E-state index is 12.6. The lowest BCUT2D eigenvalue weighted by Gasteiger charge is -2.28. The number of carbonyl (C=O) groups is 1. The number of hydrogen-bond acceptors (Lipinski definition) is 5. The van der Waals surface area contributed by atoms with E-state index in [1.807, 2.05) is 17.0 Å². The van der Waals surface area contributed by atoms with E-state index in [9.17, 15) is 4.79 Å². The minimum Gasteiger partial charge on any atom is -0.372 e. The Balaban J connectivity index is 1.55. The van der Waals surface area contributed by atoms with Crippen molar-refractivity contribution >= 4 is 11.7 Å². The van der Waals surface area contributed by atoms with Crippen LogP contribution >= 0.6 is 0 Å². The highest BCUT2D eigenvalue weighted by Crippen LogP contribution is 2.25. The number of rotatable bonds is 4. The molecular weight excluding hydrogens is 318 g/mol. The Bertz CT molecular complexity index is 730. The molecule has 1 aliphatic heterocycles. The zero-order valence-corrected chi connectivity index (χ0v) is 15.0. The number of hydrogen-bond donors (Lipinski definition) is 1. The number of urea groups is 1. The lowest BCUT2D eigenvalue weighted by molar-refractivity contribution is 0.178. The van der Waals surface area contributed by atoms with Gasteiger partial charge in [-0.3, -0.25) is 0 Å². The van der Waals surface area contributed by atoms with Gasteiger partial charge in [-0.15, -0.1) is 0 Å².